The molecule has 0 bridgehead atoms. The van der Waals surface area contributed by atoms with Crippen LogP contribution in [0.25, 0.3) is 0 Å². The Hall–Kier alpha value is -0.910. The van der Waals surface area contributed by atoms with Gasteiger partial charge in [0.2, 0.25) is 5.91 Å². The van der Waals surface area contributed by atoms with Crippen LogP contribution in [-0.2, 0) is 16.1 Å². The number of fused-ring (bicyclic) bond motifs is 1. The molecule has 1 aromatic rings. The van der Waals surface area contributed by atoms with Crippen molar-refractivity contribution < 1.29 is 9.53 Å². The minimum Gasteiger partial charge on any atom is -0.375 e. The summed E-state index contributed by atoms with van der Waals surface area (Å²) >= 11 is 1.81. The Kier molecular flexibility index (Phi) is 4.20. The quantitative estimate of drug-likeness (QED) is 0.905. The lowest BCUT2D eigenvalue weighted by molar-refractivity contribution is -0.125. The van der Waals surface area contributed by atoms with E-state index in [1.807, 2.05) is 11.3 Å². The van der Waals surface area contributed by atoms with E-state index in [2.05, 4.69) is 27.7 Å². The smallest absolute Gasteiger partial charge is 0.223 e. The Morgan fingerprint density at radius 1 is 1.41 bits per heavy atom. The molecule has 1 aromatic heterocycles. The van der Waals surface area contributed by atoms with Gasteiger partial charge in [-0.05, 0) is 43.0 Å². The predicted octanol–water partition coefficient (Wildman–Crippen LogP) is 2.25. The van der Waals surface area contributed by atoms with Crippen molar-refractivity contribution in [2.45, 2.75) is 44.4 Å². The average Bonchev–Trinajstić information content (AvgIpc) is 3.02. The van der Waals surface area contributed by atoms with Gasteiger partial charge >= 0.3 is 0 Å². The molecule has 0 aromatic carbocycles. The summed E-state index contributed by atoms with van der Waals surface area (Å²) in [6, 6.07) is 4.72. The molecule has 1 aliphatic heterocycles. The first-order valence-corrected chi connectivity index (χ1v) is 9.33. The maximum Gasteiger partial charge on any atom is 0.223 e. The summed E-state index contributed by atoms with van der Waals surface area (Å²) in [6.07, 6.45) is 4.65. The van der Waals surface area contributed by atoms with Crippen molar-refractivity contribution in [2.75, 3.05) is 19.7 Å². The zero-order chi connectivity index (χ0) is 14.9. The van der Waals surface area contributed by atoms with Gasteiger partial charge in [-0.2, -0.15) is 0 Å². The summed E-state index contributed by atoms with van der Waals surface area (Å²) in [5, 5.41) is 5.28. The normalized spacial score (nSPS) is 31.9. The van der Waals surface area contributed by atoms with Crippen LogP contribution < -0.4 is 5.32 Å². The van der Waals surface area contributed by atoms with E-state index in [1.54, 1.807) is 0 Å². The molecule has 3 fully saturated rings. The molecule has 1 N–H and O–H groups in total. The van der Waals surface area contributed by atoms with Gasteiger partial charge in [0.05, 0.1) is 12.7 Å². The predicted molar refractivity (Wildman–Crippen MR) is 86.7 cm³/mol. The minimum absolute atomic E-state index is 0.137. The SMILES string of the molecule is O=C(NCC1CC1)[C@H]1C[C@@H]2[C@@H](C1)OCCN2Cc1cccs1. The Morgan fingerprint density at radius 3 is 3.09 bits per heavy atom. The van der Waals surface area contributed by atoms with Crippen LogP contribution in [-0.4, -0.2) is 42.6 Å². The third kappa shape index (κ3) is 3.21. The summed E-state index contributed by atoms with van der Waals surface area (Å²) in [4.78, 5) is 16.3. The third-order valence-corrected chi connectivity index (χ3v) is 6.08. The van der Waals surface area contributed by atoms with Gasteiger partial charge in [-0.3, -0.25) is 9.69 Å². The van der Waals surface area contributed by atoms with E-state index >= 15 is 0 Å². The van der Waals surface area contributed by atoms with Crippen LogP contribution in [0.1, 0.15) is 30.6 Å². The van der Waals surface area contributed by atoms with Crippen LogP contribution in [0.5, 0.6) is 0 Å². The number of amides is 1. The highest BCUT2D eigenvalue weighted by molar-refractivity contribution is 7.09. The van der Waals surface area contributed by atoms with E-state index in [9.17, 15) is 4.79 Å². The first-order chi connectivity index (χ1) is 10.8. The largest absolute Gasteiger partial charge is 0.375 e. The number of rotatable bonds is 5. The Balaban J connectivity index is 1.36. The molecule has 1 amide bonds. The number of hydrogen-bond donors (Lipinski definition) is 1. The second-order valence-corrected chi connectivity index (χ2v) is 7.92. The van der Waals surface area contributed by atoms with Gasteiger partial charge in [0.25, 0.3) is 0 Å². The Morgan fingerprint density at radius 2 is 2.32 bits per heavy atom. The molecule has 4 nitrogen and oxygen atoms in total. The van der Waals surface area contributed by atoms with Crippen LogP contribution >= 0.6 is 11.3 Å². The van der Waals surface area contributed by atoms with Gasteiger partial charge in [-0.25, -0.2) is 0 Å². The molecule has 4 rings (SSSR count). The molecule has 3 atom stereocenters. The topological polar surface area (TPSA) is 41.6 Å². The van der Waals surface area contributed by atoms with Crippen LogP contribution in [0, 0.1) is 11.8 Å². The summed E-state index contributed by atoms with van der Waals surface area (Å²) < 4.78 is 5.95. The highest BCUT2D eigenvalue weighted by Crippen LogP contribution is 2.35. The van der Waals surface area contributed by atoms with Crippen molar-refractivity contribution in [1.29, 1.82) is 0 Å². The average molecular weight is 320 g/mol. The zero-order valence-electron chi connectivity index (χ0n) is 12.9. The van der Waals surface area contributed by atoms with Crippen LogP contribution in [0.15, 0.2) is 17.5 Å². The molecular formula is C17H24N2O2S. The van der Waals surface area contributed by atoms with E-state index in [0.29, 0.717) is 6.04 Å². The molecule has 0 radical (unpaired) electrons. The maximum atomic E-state index is 12.4. The fourth-order valence-electron chi connectivity index (χ4n) is 3.75. The van der Waals surface area contributed by atoms with E-state index in [4.69, 9.17) is 4.74 Å². The number of nitrogens with one attached hydrogen (secondary N) is 1. The molecule has 5 heteroatoms. The molecule has 0 unspecified atom stereocenters. The fourth-order valence-corrected chi connectivity index (χ4v) is 4.48. The first-order valence-electron chi connectivity index (χ1n) is 8.45. The van der Waals surface area contributed by atoms with E-state index in [0.717, 1.165) is 45.0 Å². The summed E-state index contributed by atoms with van der Waals surface area (Å²) in [5.74, 6) is 1.14. The Bertz CT molecular complexity index is 515. The van der Waals surface area contributed by atoms with E-state index in [1.165, 1.54) is 17.7 Å². The summed E-state index contributed by atoms with van der Waals surface area (Å²) in [5.41, 5.74) is 0. The highest BCUT2D eigenvalue weighted by Gasteiger charge is 2.43. The van der Waals surface area contributed by atoms with E-state index < -0.39 is 0 Å². The molecule has 1 saturated heterocycles. The first kappa shape index (κ1) is 14.7. The fraction of sp³-hybridized carbons (Fsp3) is 0.706. The van der Waals surface area contributed by atoms with Crippen molar-refractivity contribution in [3.8, 4) is 0 Å². The lowest BCUT2D eigenvalue weighted by Gasteiger charge is -2.37. The van der Waals surface area contributed by atoms with Crippen LogP contribution in [0.4, 0.5) is 0 Å². The van der Waals surface area contributed by atoms with Gasteiger partial charge in [-0.1, -0.05) is 6.07 Å². The number of nitrogens with zero attached hydrogens (tertiary/aromatic N) is 1. The molecule has 0 spiro atoms. The van der Waals surface area contributed by atoms with Crippen molar-refractivity contribution in [3.63, 3.8) is 0 Å². The summed E-state index contributed by atoms with van der Waals surface area (Å²) in [7, 11) is 0. The monoisotopic (exact) mass is 320 g/mol. The number of thiophene rings is 1. The molecule has 120 valence electrons. The van der Waals surface area contributed by atoms with Crippen LogP contribution in [0.3, 0.4) is 0 Å². The van der Waals surface area contributed by atoms with Crippen LogP contribution in [0.2, 0.25) is 0 Å². The third-order valence-electron chi connectivity index (χ3n) is 5.22. The maximum absolute atomic E-state index is 12.4. The lowest BCUT2D eigenvalue weighted by Crippen LogP contribution is -2.47. The number of ether oxygens (including phenoxy) is 1. The Labute approximate surface area is 135 Å². The minimum atomic E-state index is 0.137. The molecule has 22 heavy (non-hydrogen) atoms. The van der Waals surface area contributed by atoms with Crippen molar-refractivity contribution in [2.24, 2.45) is 11.8 Å². The molecule has 2 heterocycles. The second-order valence-electron chi connectivity index (χ2n) is 6.88. The molecular weight excluding hydrogens is 296 g/mol. The van der Waals surface area contributed by atoms with Gasteiger partial charge < -0.3 is 10.1 Å². The van der Waals surface area contributed by atoms with Crippen molar-refractivity contribution >= 4 is 17.2 Å². The summed E-state index contributed by atoms with van der Waals surface area (Å²) in [6.45, 7) is 3.65. The molecule has 2 aliphatic carbocycles. The molecule has 2 saturated carbocycles. The molecule has 3 aliphatic rings. The van der Waals surface area contributed by atoms with Gasteiger partial charge in [-0.15, -0.1) is 11.3 Å². The van der Waals surface area contributed by atoms with Gasteiger partial charge in [0.1, 0.15) is 0 Å². The zero-order valence-corrected chi connectivity index (χ0v) is 13.7. The standard InChI is InChI=1S/C17H24N2O2S/c20-17(18-10-12-3-4-12)13-8-15-16(9-13)21-6-5-19(15)11-14-2-1-7-22-14/h1-2,7,12-13,15-16H,3-6,8-11H2,(H,18,20)/t13-,15+,16+/m0/s1. The second kappa shape index (κ2) is 6.30. The number of morpholine rings is 1. The van der Waals surface area contributed by atoms with Gasteiger partial charge in [0, 0.05) is 36.5 Å². The van der Waals surface area contributed by atoms with Gasteiger partial charge in [0.15, 0.2) is 0 Å². The number of carbonyl (C=O) groups excluding carboxylic acids is 1. The number of hydrogen-bond acceptors (Lipinski definition) is 4. The van der Waals surface area contributed by atoms with Crippen molar-refractivity contribution in [1.82, 2.24) is 10.2 Å². The highest BCUT2D eigenvalue weighted by atomic mass is 32.1. The van der Waals surface area contributed by atoms with Crippen molar-refractivity contribution in [3.05, 3.63) is 22.4 Å². The lowest BCUT2D eigenvalue weighted by atomic mass is 10.1. The van der Waals surface area contributed by atoms with E-state index in [-0.39, 0.29) is 17.9 Å². The number of carbonyl (C=O) groups is 1.